The van der Waals surface area contributed by atoms with Gasteiger partial charge in [0.05, 0.1) is 0 Å². The van der Waals surface area contributed by atoms with Crippen LogP contribution in [0.5, 0.6) is 0 Å². The number of benzene rings is 1. The normalized spacial score (nSPS) is 24.2. The summed E-state index contributed by atoms with van der Waals surface area (Å²) >= 11 is 0. The summed E-state index contributed by atoms with van der Waals surface area (Å²) in [4.78, 5) is 15.0. The molecule has 1 aromatic carbocycles. The van der Waals surface area contributed by atoms with Crippen LogP contribution in [0.4, 0.5) is 5.69 Å². The van der Waals surface area contributed by atoms with E-state index in [9.17, 15) is 4.79 Å². The van der Waals surface area contributed by atoms with Crippen LogP contribution < -0.4 is 15.5 Å². The fourth-order valence-electron chi connectivity index (χ4n) is 4.14. The molecule has 3 rings (SSSR count). The van der Waals surface area contributed by atoms with E-state index in [2.05, 4.69) is 67.5 Å². The van der Waals surface area contributed by atoms with Gasteiger partial charge in [0.25, 0.3) is 0 Å². The molecule has 0 aliphatic carbocycles. The summed E-state index contributed by atoms with van der Waals surface area (Å²) in [5, 5.41) is 6.74. The number of carbonyl (C=O) groups excluding carboxylic acids is 1. The van der Waals surface area contributed by atoms with E-state index < -0.39 is 0 Å². The van der Waals surface area contributed by atoms with Crippen molar-refractivity contribution in [1.29, 1.82) is 0 Å². The Bertz CT molecular complexity index is 603. The van der Waals surface area contributed by atoms with Crippen molar-refractivity contribution < 1.29 is 4.79 Å². The van der Waals surface area contributed by atoms with Gasteiger partial charge < -0.3 is 15.5 Å². The highest BCUT2D eigenvalue weighted by Gasteiger charge is 2.28. The molecule has 0 unspecified atom stereocenters. The maximum Gasteiger partial charge on any atom is 0.223 e. The molecule has 0 saturated carbocycles. The van der Waals surface area contributed by atoms with Crippen molar-refractivity contribution >= 4 is 24.0 Å². The van der Waals surface area contributed by atoms with Gasteiger partial charge in [0, 0.05) is 36.8 Å². The summed E-state index contributed by atoms with van der Waals surface area (Å²) in [6, 6.07) is 9.78. The summed E-state index contributed by atoms with van der Waals surface area (Å²) < 4.78 is 0. The van der Waals surface area contributed by atoms with E-state index in [1.165, 1.54) is 11.3 Å². The molecule has 5 heteroatoms. The van der Waals surface area contributed by atoms with Gasteiger partial charge in [0.2, 0.25) is 5.91 Å². The largest absolute Gasteiger partial charge is 0.371 e. The Morgan fingerprint density at radius 2 is 1.74 bits per heavy atom. The fraction of sp³-hybridized carbons (Fsp3) is 0.682. The number of halogens is 1. The lowest BCUT2D eigenvalue weighted by atomic mass is 9.87. The van der Waals surface area contributed by atoms with Gasteiger partial charge in [-0.3, -0.25) is 4.79 Å². The molecule has 0 spiro atoms. The van der Waals surface area contributed by atoms with Gasteiger partial charge in [-0.2, -0.15) is 0 Å². The number of carbonyl (C=O) groups is 1. The van der Waals surface area contributed by atoms with Crippen LogP contribution >= 0.6 is 12.4 Å². The highest BCUT2D eigenvalue weighted by atomic mass is 35.5. The van der Waals surface area contributed by atoms with Crippen LogP contribution in [0, 0.1) is 5.92 Å². The van der Waals surface area contributed by atoms with Gasteiger partial charge in [0.15, 0.2) is 0 Å². The molecule has 2 saturated heterocycles. The number of anilines is 1. The number of nitrogens with zero attached hydrogens (tertiary/aromatic N) is 1. The maximum atomic E-state index is 12.5. The van der Waals surface area contributed by atoms with E-state index in [1.54, 1.807) is 0 Å². The SMILES string of the molecule is C[C@H]1C[C@@H](C(=O)NC2CCN(c3ccc(C(C)(C)C)cc3)CC2)CCN1.Cl. The summed E-state index contributed by atoms with van der Waals surface area (Å²) in [6.07, 6.45) is 4.00. The lowest BCUT2D eigenvalue weighted by Crippen LogP contribution is -2.48. The summed E-state index contributed by atoms with van der Waals surface area (Å²) in [5.74, 6) is 0.459. The quantitative estimate of drug-likeness (QED) is 0.819. The van der Waals surface area contributed by atoms with Crippen molar-refractivity contribution in [1.82, 2.24) is 10.6 Å². The predicted molar refractivity (Wildman–Crippen MR) is 116 cm³/mol. The van der Waals surface area contributed by atoms with Crippen molar-refractivity contribution in [2.24, 2.45) is 5.92 Å². The van der Waals surface area contributed by atoms with Crippen molar-refractivity contribution in [2.75, 3.05) is 24.5 Å². The van der Waals surface area contributed by atoms with Crippen LogP contribution in [-0.2, 0) is 10.2 Å². The van der Waals surface area contributed by atoms with E-state index in [0.29, 0.717) is 12.1 Å². The Morgan fingerprint density at radius 3 is 2.30 bits per heavy atom. The third-order valence-electron chi connectivity index (χ3n) is 5.93. The average molecular weight is 394 g/mol. The fourth-order valence-corrected chi connectivity index (χ4v) is 4.14. The summed E-state index contributed by atoms with van der Waals surface area (Å²) in [7, 11) is 0. The highest BCUT2D eigenvalue weighted by Crippen LogP contribution is 2.26. The Hall–Kier alpha value is -1.26. The molecule has 152 valence electrons. The molecule has 0 bridgehead atoms. The number of piperidine rings is 2. The van der Waals surface area contributed by atoms with Crippen LogP contribution in [0.15, 0.2) is 24.3 Å². The smallest absolute Gasteiger partial charge is 0.223 e. The molecule has 27 heavy (non-hydrogen) atoms. The molecular weight excluding hydrogens is 358 g/mol. The monoisotopic (exact) mass is 393 g/mol. The topological polar surface area (TPSA) is 44.4 Å². The molecule has 2 aliphatic rings. The summed E-state index contributed by atoms with van der Waals surface area (Å²) in [6.45, 7) is 11.9. The van der Waals surface area contributed by atoms with Gasteiger partial charge in [-0.25, -0.2) is 0 Å². The number of amides is 1. The van der Waals surface area contributed by atoms with E-state index >= 15 is 0 Å². The van der Waals surface area contributed by atoms with Crippen molar-refractivity contribution in [2.45, 2.75) is 70.9 Å². The third kappa shape index (κ3) is 5.86. The lowest BCUT2D eigenvalue weighted by Gasteiger charge is -2.35. The van der Waals surface area contributed by atoms with Gasteiger partial charge in [-0.15, -0.1) is 12.4 Å². The van der Waals surface area contributed by atoms with Crippen LogP contribution in [0.2, 0.25) is 0 Å². The standard InChI is InChI=1S/C22H35N3O.ClH/c1-16-15-17(9-12-23-16)21(26)24-19-10-13-25(14-11-19)20-7-5-18(6-8-20)22(2,3)4;/h5-8,16-17,19,23H,9-15H2,1-4H3,(H,24,26);1H/t16-,17-;/m0./s1. The number of hydrogen-bond acceptors (Lipinski definition) is 3. The molecule has 1 amide bonds. The van der Waals surface area contributed by atoms with Crippen LogP contribution in [-0.4, -0.2) is 37.6 Å². The zero-order chi connectivity index (χ0) is 18.7. The molecule has 2 heterocycles. The van der Waals surface area contributed by atoms with Crippen LogP contribution in [0.3, 0.4) is 0 Å². The molecule has 0 radical (unpaired) electrons. The van der Waals surface area contributed by atoms with Gasteiger partial charge >= 0.3 is 0 Å². The lowest BCUT2D eigenvalue weighted by molar-refractivity contribution is -0.126. The van der Waals surface area contributed by atoms with Crippen molar-refractivity contribution in [3.63, 3.8) is 0 Å². The summed E-state index contributed by atoms with van der Waals surface area (Å²) in [5.41, 5.74) is 2.87. The molecular formula is C22H36ClN3O. The highest BCUT2D eigenvalue weighted by molar-refractivity contribution is 5.85. The zero-order valence-electron chi connectivity index (χ0n) is 17.3. The molecule has 2 N–H and O–H groups in total. The van der Waals surface area contributed by atoms with E-state index in [0.717, 1.165) is 45.3 Å². The second-order valence-electron chi connectivity index (χ2n) is 9.14. The Labute approximate surface area is 170 Å². The van der Waals surface area contributed by atoms with Gasteiger partial charge in [-0.1, -0.05) is 32.9 Å². The average Bonchev–Trinajstić information content (AvgIpc) is 2.62. The first-order valence-corrected chi connectivity index (χ1v) is 10.2. The molecule has 2 aliphatic heterocycles. The first kappa shape index (κ1) is 22.0. The Balaban J connectivity index is 0.00000261. The first-order valence-electron chi connectivity index (χ1n) is 10.2. The number of nitrogens with one attached hydrogen (secondary N) is 2. The van der Waals surface area contributed by atoms with Crippen molar-refractivity contribution in [3.8, 4) is 0 Å². The van der Waals surface area contributed by atoms with Crippen LogP contribution in [0.1, 0.15) is 58.9 Å². The maximum absolute atomic E-state index is 12.5. The second kappa shape index (κ2) is 9.29. The molecule has 0 aromatic heterocycles. The second-order valence-corrected chi connectivity index (χ2v) is 9.14. The van der Waals surface area contributed by atoms with E-state index in [1.807, 2.05) is 0 Å². The minimum atomic E-state index is 0. The van der Waals surface area contributed by atoms with Crippen LogP contribution in [0.25, 0.3) is 0 Å². The Morgan fingerprint density at radius 1 is 1.11 bits per heavy atom. The van der Waals surface area contributed by atoms with Gasteiger partial charge in [-0.05, 0) is 62.3 Å². The molecule has 2 fully saturated rings. The van der Waals surface area contributed by atoms with Gasteiger partial charge in [0.1, 0.15) is 0 Å². The minimum absolute atomic E-state index is 0. The molecule has 2 atom stereocenters. The number of rotatable bonds is 3. The Kier molecular flexibility index (Phi) is 7.58. The molecule has 4 nitrogen and oxygen atoms in total. The van der Waals surface area contributed by atoms with Crippen molar-refractivity contribution in [3.05, 3.63) is 29.8 Å². The molecule has 1 aromatic rings. The minimum Gasteiger partial charge on any atom is -0.371 e. The number of hydrogen-bond donors (Lipinski definition) is 2. The van der Waals surface area contributed by atoms with E-state index in [-0.39, 0.29) is 29.6 Å². The van der Waals surface area contributed by atoms with E-state index in [4.69, 9.17) is 0 Å². The predicted octanol–water partition coefficient (Wildman–Crippen LogP) is 3.88. The first-order chi connectivity index (χ1) is 12.3. The zero-order valence-corrected chi connectivity index (χ0v) is 18.1. The third-order valence-corrected chi connectivity index (χ3v) is 5.93.